The lowest BCUT2D eigenvalue weighted by molar-refractivity contribution is 0.556. The highest BCUT2D eigenvalue weighted by Crippen LogP contribution is 2.08. The van der Waals surface area contributed by atoms with Crippen molar-refractivity contribution in [2.24, 2.45) is 0 Å². The van der Waals surface area contributed by atoms with Crippen LogP contribution >= 0.6 is 0 Å². The van der Waals surface area contributed by atoms with Crippen LogP contribution in [0.25, 0.3) is 0 Å². The van der Waals surface area contributed by atoms with Crippen LogP contribution in [0.5, 0.6) is 0 Å². The summed E-state index contributed by atoms with van der Waals surface area (Å²) in [6, 6.07) is 2.07. The first-order valence-electron chi connectivity index (χ1n) is 6.64. The highest BCUT2D eigenvalue weighted by atomic mass is 15.3. The van der Waals surface area contributed by atoms with Crippen molar-refractivity contribution in [3.8, 4) is 0 Å². The Hall–Kier alpha value is -0.990. The number of anilines is 1. The van der Waals surface area contributed by atoms with Gasteiger partial charge in [0.2, 0.25) is 0 Å². The Labute approximate surface area is 99.2 Å². The molecule has 0 radical (unpaired) electrons. The van der Waals surface area contributed by atoms with Gasteiger partial charge >= 0.3 is 0 Å². The summed E-state index contributed by atoms with van der Waals surface area (Å²) in [5, 5.41) is 7.80. The fraction of sp³-hybridized carbons (Fsp3) is 0.769. The summed E-state index contributed by atoms with van der Waals surface area (Å²) in [6.45, 7) is 6.56. The van der Waals surface area contributed by atoms with Crippen LogP contribution in [-0.2, 0) is 6.54 Å². The van der Waals surface area contributed by atoms with Gasteiger partial charge in [0.15, 0.2) is 0 Å². The maximum atomic E-state index is 4.34. The maximum Gasteiger partial charge on any atom is 0.124 e. The van der Waals surface area contributed by atoms with Gasteiger partial charge in [-0.1, -0.05) is 39.5 Å². The minimum atomic E-state index is 1.04. The van der Waals surface area contributed by atoms with E-state index in [2.05, 4.69) is 35.0 Å². The van der Waals surface area contributed by atoms with Gasteiger partial charge in [-0.05, 0) is 12.8 Å². The summed E-state index contributed by atoms with van der Waals surface area (Å²) in [5.41, 5.74) is 0. The second kappa shape index (κ2) is 8.20. The standard InChI is InChI=1S/C13H25N3/c1-3-5-7-10-14-13-9-11-15-16(13)12-8-6-4-2/h9,11,14H,3-8,10,12H2,1-2H3. The number of aromatic nitrogens is 2. The zero-order valence-corrected chi connectivity index (χ0v) is 10.7. The first kappa shape index (κ1) is 13.1. The van der Waals surface area contributed by atoms with Crippen molar-refractivity contribution in [2.45, 2.75) is 58.9 Å². The van der Waals surface area contributed by atoms with Crippen LogP contribution in [0, 0.1) is 0 Å². The quantitative estimate of drug-likeness (QED) is 0.647. The van der Waals surface area contributed by atoms with Crippen LogP contribution in [0.2, 0.25) is 0 Å². The molecule has 1 rings (SSSR count). The lowest BCUT2D eigenvalue weighted by Gasteiger charge is -2.09. The predicted molar refractivity (Wildman–Crippen MR) is 69.8 cm³/mol. The molecule has 0 amide bonds. The number of aryl methyl sites for hydroxylation is 1. The molecule has 92 valence electrons. The first-order chi connectivity index (χ1) is 7.88. The normalized spacial score (nSPS) is 10.6. The molecule has 0 atom stereocenters. The van der Waals surface area contributed by atoms with Crippen molar-refractivity contribution in [3.63, 3.8) is 0 Å². The molecular weight excluding hydrogens is 198 g/mol. The Morgan fingerprint density at radius 3 is 2.62 bits per heavy atom. The smallest absolute Gasteiger partial charge is 0.124 e. The SMILES string of the molecule is CCCCCNc1ccnn1CCCCC. The van der Waals surface area contributed by atoms with Gasteiger partial charge in [-0.3, -0.25) is 0 Å². The Balaban J connectivity index is 2.26. The van der Waals surface area contributed by atoms with Crippen LogP contribution in [0.15, 0.2) is 12.3 Å². The molecule has 1 heterocycles. The van der Waals surface area contributed by atoms with Crippen molar-refractivity contribution in [1.82, 2.24) is 9.78 Å². The van der Waals surface area contributed by atoms with E-state index in [1.54, 1.807) is 0 Å². The molecule has 0 aromatic carbocycles. The van der Waals surface area contributed by atoms with E-state index in [1.807, 2.05) is 6.20 Å². The molecular formula is C13H25N3. The number of nitrogens with one attached hydrogen (secondary N) is 1. The Morgan fingerprint density at radius 1 is 1.12 bits per heavy atom. The molecule has 0 spiro atoms. The Morgan fingerprint density at radius 2 is 1.88 bits per heavy atom. The summed E-state index contributed by atoms with van der Waals surface area (Å²) in [5.74, 6) is 1.17. The highest BCUT2D eigenvalue weighted by molar-refractivity contribution is 5.33. The predicted octanol–water partition coefficient (Wildman–Crippen LogP) is 3.68. The number of hydrogen-bond acceptors (Lipinski definition) is 2. The lowest BCUT2D eigenvalue weighted by Crippen LogP contribution is -2.09. The monoisotopic (exact) mass is 223 g/mol. The van der Waals surface area contributed by atoms with E-state index in [4.69, 9.17) is 0 Å². The molecule has 0 saturated heterocycles. The summed E-state index contributed by atoms with van der Waals surface area (Å²) in [6.07, 6.45) is 9.48. The third-order valence-electron chi connectivity index (χ3n) is 2.78. The van der Waals surface area contributed by atoms with Crippen LogP contribution < -0.4 is 5.32 Å². The van der Waals surface area contributed by atoms with Gasteiger partial charge in [0.25, 0.3) is 0 Å². The molecule has 0 saturated carbocycles. The van der Waals surface area contributed by atoms with Gasteiger partial charge in [0.05, 0.1) is 6.20 Å². The van der Waals surface area contributed by atoms with Gasteiger partial charge in [-0.25, -0.2) is 4.68 Å². The second-order valence-electron chi connectivity index (χ2n) is 4.28. The van der Waals surface area contributed by atoms with Crippen molar-refractivity contribution in [3.05, 3.63) is 12.3 Å². The minimum Gasteiger partial charge on any atom is -0.370 e. The third-order valence-corrected chi connectivity index (χ3v) is 2.78. The summed E-state index contributed by atoms with van der Waals surface area (Å²) in [7, 11) is 0. The van der Waals surface area contributed by atoms with E-state index in [-0.39, 0.29) is 0 Å². The fourth-order valence-electron chi connectivity index (χ4n) is 1.76. The number of nitrogens with zero attached hydrogens (tertiary/aromatic N) is 2. The van der Waals surface area contributed by atoms with Gasteiger partial charge in [-0.15, -0.1) is 0 Å². The summed E-state index contributed by atoms with van der Waals surface area (Å²) in [4.78, 5) is 0. The molecule has 3 nitrogen and oxygen atoms in total. The molecule has 1 aromatic heterocycles. The molecule has 0 bridgehead atoms. The summed E-state index contributed by atoms with van der Waals surface area (Å²) < 4.78 is 2.08. The lowest BCUT2D eigenvalue weighted by atomic mass is 10.2. The second-order valence-corrected chi connectivity index (χ2v) is 4.28. The van der Waals surface area contributed by atoms with Crippen LogP contribution in [0.3, 0.4) is 0 Å². The Kier molecular flexibility index (Phi) is 6.70. The fourth-order valence-corrected chi connectivity index (χ4v) is 1.76. The van der Waals surface area contributed by atoms with E-state index in [0.717, 1.165) is 13.1 Å². The topological polar surface area (TPSA) is 29.9 Å². The molecule has 0 aliphatic rings. The van der Waals surface area contributed by atoms with Crippen molar-refractivity contribution in [1.29, 1.82) is 0 Å². The van der Waals surface area contributed by atoms with E-state index in [9.17, 15) is 0 Å². The average Bonchev–Trinajstić information content (AvgIpc) is 2.73. The van der Waals surface area contributed by atoms with Gasteiger partial charge in [0, 0.05) is 19.2 Å². The summed E-state index contributed by atoms with van der Waals surface area (Å²) >= 11 is 0. The van der Waals surface area contributed by atoms with Crippen molar-refractivity contribution >= 4 is 5.82 Å². The zero-order valence-electron chi connectivity index (χ0n) is 10.7. The highest BCUT2D eigenvalue weighted by Gasteiger charge is 2.00. The molecule has 1 aromatic rings. The van der Waals surface area contributed by atoms with Crippen molar-refractivity contribution in [2.75, 3.05) is 11.9 Å². The van der Waals surface area contributed by atoms with E-state index in [1.165, 1.54) is 44.3 Å². The molecule has 0 unspecified atom stereocenters. The van der Waals surface area contributed by atoms with Gasteiger partial charge < -0.3 is 5.32 Å². The van der Waals surface area contributed by atoms with Crippen molar-refractivity contribution < 1.29 is 0 Å². The molecule has 3 heteroatoms. The molecule has 0 fully saturated rings. The van der Waals surface area contributed by atoms with E-state index in [0.29, 0.717) is 0 Å². The average molecular weight is 223 g/mol. The molecule has 0 aliphatic heterocycles. The van der Waals surface area contributed by atoms with Gasteiger partial charge in [0.1, 0.15) is 5.82 Å². The van der Waals surface area contributed by atoms with Crippen LogP contribution in [0.4, 0.5) is 5.82 Å². The molecule has 0 aliphatic carbocycles. The zero-order chi connectivity index (χ0) is 11.6. The molecule has 1 N–H and O–H groups in total. The van der Waals surface area contributed by atoms with Gasteiger partial charge in [-0.2, -0.15) is 5.10 Å². The number of unbranched alkanes of at least 4 members (excludes halogenated alkanes) is 4. The largest absolute Gasteiger partial charge is 0.370 e. The van der Waals surface area contributed by atoms with Crippen LogP contribution in [0.1, 0.15) is 52.4 Å². The van der Waals surface area contributed by atoms with Crippen LogP contribution in [-0.4, -0.2) is 16.3 Å². The third kappa shape index (κ3) is 4.69. The number of hydrogen-bond donors (Lipinski definition) is 1. The molecule has 16 heavy (non-hydrogen) atoms. The van der Waals surface area contributed by atoms with E-state index >= 15 is 0 Å². The maximum absolute atomic E-state index is 4.34. The minimum absolute atomic E-state index is 1.04. The Bertz CT molecular complexity index is 268. The number of rotatable bonds is 9. The van der Waals surface area contributed by atoms with E-state index < -0.39 is 0 Å². The first-order valence-corrected chi connectivity index (χ1v) is 6.64.